The quantitative estimate of drug-likeness (QED) is 0.307. The molecule has 2 heterocycles. The highest BCUT2D eigenvalue weighted by molar-refractivity contribution is 14.0. The van der Waals surface area contributed by atoms with E-state index in [-0.39, 0.29) is 42.5 Å². The number of aromatic nitrogens is 2. The second kappa shape index (κ2) is 12.1. The number of rotatable bonds is 7. The molecule has 1 fully saturated rings. The number of halogens is 1. The van der Waals surface area contributed by atoms with Gasteiger partial charge >= 0.3 is 0 Å². The third-order valence-corrected chi connectivity index (χ3v) is 5.60. The number of hydrogen-bond donors (Lipinski definition) is 1. The summed E-state index contributed by atoms with van der Waals surface area (Å²) in [5, 5.41) is 7.60. The molecule has 3 rings (SSSR count). The van der Waals surface area contributed by atoms with E-state index in [0.717, 1.165) is 11.3 Å². The maximum atomic E-state index is 12.8. The van der Waals surface area contributed by atoms with E-state index in [1.807, 2.05) is 50.4 Å². The van der Waals surface area contributed by atoms with Crippen LogP contribution in [0.5, 0.6) is 11.5 Å². The molecule has 0 saturated carbocycles. The molecule has 10 nitrogen and oxygen atoms in total. The molecule has 33 heavy (non-hydrogen) atoms. The van der Waals surface area contributed by atoms with Gasteiger partial charge in [0, 0.05) is 39.9 Å². The average molecular weight is 571 g/mol. The summed E-state index contributed by atoms with van der Waals surface area (Å²) in [5.74, 6) is 2.12. The number of hydrogen-bond acceptors (Lipinski definition) is 6. The fraction of sp³-hybridized carbons (Fsp3) is 0.500. The third-order valence-electron chi connectivity index (χ3n) is 5.60. The lowest BCUT2D eigenvalue weighted by Gasteiger charge is -2.36. The van der Waals surface area contributed by atoms with Crippen LogP contribution in [-0.2, 0) is 11.8 Å². The molecule has 1 unspecified atom stereocenters. The van der Waals surface area contributed by atoms with E-state index in [2.05, 4.69) is 20.3 Å². The number of likely N-dealkylation sites (N-methyl/N-ethyl adjacent to an activating group) is 1. The van der Waals surface area contributed by atoms with E-state index in [0.29, 0.717) is 37.1 Å². The van der Waals surface area contributed by atoms with Crippen molar-refractivity contribution >= 4 is 41.5 Å². The first-order valence-electron chi connectivity index (χ1n) is 10.5. The summed E-state index contributed by atoms with van der Waals surface area (Å²) in [6.45, 7) is 2.14. The summed E-state index contributed by atoms with van der Waals surface area (Å²) >= 11 is 0. The van der Waals surface area contributed by atoms with Gasteiger partial charge in [0.1, 0.15) is 6.54 Å². The highest BCUT2D eigenvalue weighted by Crippen LogP contribution is 2.31. The van der Waals surface area contributed by atoms with Crippen LogP contribution in [0.3, 0.4) is 0 Å². The zero-order chi connectivity index (χ0) is 23.3. The van der Waals surface area contributed by atoms with Crippen LogP contribution in [0.15, 0.2) is 35.6 Å². The molecule has 0 aliphatic carbocycles. The van der Waals surface area contributed by atoms with Gasteiger partial charge in [-0.3, -0.25) is 14.5 Å². The summed E-state index contributed by atoms with van der Waals surface area (Å²) in [6.07, 6.45) is 3.57. The van der Waals surface area contributed by atoms with Crippen molar-refractivity contribution in [3.8, 4) is 11.5 Å². The minimum atomic E-state index is 0. The largest absolute Gasteiger partial charge is 0.493 e. The zero-order valence-corrected chi connectivity index (χ0v) is 22.4. The molecular weight excluding hydrogens is 537 g/mol. The summed E-state index contributed by atoms with van der Waals surface area (Å²) in [6, 6.07) is 6.01. The fourth-order valence-electron chi connectivity index (χ4n) is 3.85. The first kappa shape index (κ1) is 26.7. The molecule has 2 aromatic rings. The van der Waals surface area contributed by atoms with Crippen LogP contribution in [-0.4, -0.2) is 93.0 Å². The Kier molecular flexibility index (Phi) is 9.77. The van der Waals surface area contributed by atoms with Crippen LogP contribution in [0.4, 0.5) is 5.69 Å². The number of aryl methyl sites for hydroxylation is 1. The molecule has 1 aliphatic rings. The molecule has 1 aromatic carbocycles. The van der Waals surface area contributed by atoms with E-state index < -0.39 is 0 Å². The minimum absolute atomic E-state index is 0. The van der Waals surface area contributed by atoms with Gasteiger partial charge in [-0.2, -0.15) is 5.10 Å². The van der Waals surface area contributed by atoms with E-state index in [1.54, 1.807) is 37.0 Å². The first-order chi connectivity index (χ1) is 15.4. The number of nitrogens with zero attached hydrogens (tertiary/aromatic N) is 6. The van der Waals surface area contributed by atoms with E-state index >= 15 is 0 Å². The summed E-state index contributed by atoms with van der Waals surface area (Å²) in [7, 11) is 10.9. The van der Waals surface area contributed by atoms with Crippen molar-refractivity contribution in [2.24, 2.45) is 12.0 Å². The monoisotopic (exact) mass is 571 g/mol. The topological polar surface area (TPSA) is 87.5 Å². The van der Waals surface area contributed by atoms with Crippen molar-refractivity contribution < 1.29 is 14.3 Å². The van der Waals surface area contributed by atoms with Crippen LogP contribution in [0.2, 0.25) is 0 Å². The Bertz CT molecular complexity index is 963. The van der Waals surface area contributed by atoms with Crippen LogP contribution in [0.25, 0.3) is 0 Å². The lowest BCUT2D eigenvalue weighted by atomic mass is 10.1. The van der Waals surface area contributed by atoms with Gasteiger partial charge in [0.25, 0.3) is 0 Å². The van der Waals surface area contributed by atoms with Crippen LogP contribution in [0, 0.1) is 0 Å². The fourth-order valence-corrected chi connectivity index (χ4v) is 3.85. The van der Waals surface area contributed by atoms with Crippen molar-refractivity contribution in [1.82, 2.24) is 24.9 Å². The Morgan fingerprint density at radius 2 is 1.97 bits per heavy atom. The van der Waals surface area contributed by atoms with Crippen LogP contribution < -0.4 is 19.7 Å². The van der Waals surface area contributed by atoms with Gasteiger partial charge in [0.15, 0.2) is 17.5 Å². The first-order valence-corrected chi connectivity index (χ1v) is 10.5. The van der Waals surface area contributed by atoms with Crippen LogP contribution >= 0.6 is 24.0 Å². The second-order valence-corrected chi connectivity index (χ2v) is 7.86. The Morgan fingerprint density at radius 1 is 1.24 bits per heavy atom. The molecule has 0 radical (unpaired) electrons. The van der Waals surface area contributed by atoms with Gasteiger partial charge in [-0.1, -0.05) is 6.07 Å². The number of piperazine rings is 1. The maximum absolute atomic E-state index is 12.8. The Balaban J connectivity index is 0.00000385. The normalized spacial score (nSPS) is 15.4. The lowest BCUT2D eigenvalue weighted by Crippen LogP contribution is -2.56. The number of carbonyl (C=O) groups excluding carboxylic acids is 1. The molecule has 182 valence electrons. The predicted octanol–water partition coefficient (Wildman–Crippen LogP) is 1.58. The maximum Gasteiger partial charge on any atom is 0.246 e. The van der Waals surface area contributed by atoms with Crippen molar-refractivity contribution in [2.45, 2.75) is 6.04 Å². The van der Waals surface area contributed by atoms with Gasteiger partial charge in [-0.05, 0) is 31.8 Å². The molecule has 1 amide bonds. The molecule has 1 atom stereocenters. The van der Waals surface area contributed by atoms with Gasteiger partial charge in [-0.15, -0.1) is 24.0 Å². The summed E-state index contributed by atoms with van der Waals surface area (Å²) in [4.78, 5) is 23.1. The van der Waals surface area contributed by atoms with Crippen molar-refractivity contribution in [3.63, 3.8) is 0 Å². The lowest BCUT2D eigenvalue weighted by molar-refractivity contribution is -0.120. The number of guanidine groups is 1. The number of anilines is 1. The van der Waals surface area contributed by atoms with E-state index in [4.69, 9.17) is 9.47 Å². The number of ether oxygens (including phenoxy) is 2. The Labute approximate surface area is 212 Å². The Hall–Kier alpha value is -2.54. The molecule has 1 saturated heterocycles. The smallest absolute Gasteiger partial charge is 0.246 e. The number of aliphatic imine (C=N–C) groups is 1. The minimum Gasteiger partial charge on any atom is -0.493 e. The highest BCUT2D eigenvalue weighted by atomic mass is 127. The number of benzene rings is 1. The van der Waals surface area contributed by atoms with Gasteiger partial charge < -0.3 is 29.5 Å². The molecular formula is C22H34IN7O3. The number of methoxy groups -OCH3 is 2. The molecule has 1 aromatic heterocycles. The Morgan fingerprint density at radius 3 is 2.52 bits per heavy atom. The highest BCUT2D eigenvalue weighted by Gasteiger charge is 2.28. The molecule has 0 spiro atoms. The van der Waals surface area contributed by atoms with Crippen LogP contribution in [0.1, 0.15) is 11.6 Å². The molecule has 1 aliphatic heterocycles. The van der Waals surface area contributed by atoms with Gasteiger partial charge in [0.05, 0.1) is 32.1 Å². The summed E-state index contributed by atoms with van der Waals surface area (Å²) in [5.41, 5.74) is 1.91. The number of amides is 1. The van der Waals surface area contributed by atoms with Gasteiger partial charge in [0.2, 0.25) is 5.91 Å². The third kappa shape index (κ3) is 6.28. The summed E-state index contributed by atoms with van der Waals surface area (Å²) < 4.78 is 12.5. The molecule has 1 N–H and O–H groups in total. The zero-order valence-electron chi connectivity index (χ0n) is 20.1. The predicted molar refractivity (Wildman–Crippen MR) is 140 cm³/mol. The number of carbonyl (C=O) groups is 1. The van der Waals surface area contributed by atoms with Crippen molar-refractivity contribution in [1.29, 1.82) is 0 Å². The SMILES string of the molecule is CN=C(NCC(c1ccc(OC)c(OC)c1)N(C)C)N1CCN(c2cnn(C)c2)C(=O)C1.I. The average Bonchev–Trinajstić information content (AvgIpc) is 3.22. The standard InChI is InChI=1S/C22H33N7O3.HI/c1-23-22(28-9-10-29(21(30)15-28)17-12-25-27(4)14-17)24-13-18(26(2)3)16-7-8-19(31-5)20(11-16)32-6;/h7-8,11-12,14,18H,9-10,13,15H2,1-6H3,(H,23,24);1H. The van der Waals surface area contributed by atoms with E-state index in [9.17, 15) is 4.79 Å². The molecule has 11 heteroatoms. The van der Waals surface area contributed by atoms with Crippen molar-refractivity contribution in [3.05, 3.63) is 36.2 Å². The second-order valence-electron chi connectivity index (χ2n) is 7.86. The van der Waals surface area contributed by atoms with E-state index in [1.165, 1.54) is 0 Å². The van der Waals surface area contributed by atoms with Crippen molar-refractivity contribution in [2.75, 3.05) is 66.4 Å². The van der Waals surface area contributed by atoms with Gasteiger partial charge in [-0.25, -0.2) is 0 Å². The number of nitrogens with one attached hydrogen (secondary N) is 1. The molecule has 0 bridgehead atoms.